The van der Waals surface area contributed by atoms with E-state index in [-0.39, 0.29) is 12.5 Å². The van der Waals surface area contributed by atoms with Gasteiger partial charge in [-0.05, 0) is 12.8 Å². The zero-order valence-electron chi connectivity index (χ0n) is 5.80. The first-order valence-electron chi connectivity index (χ1n) is 3.35. The van der Waals surface area contributed by atoms with Gasteiger partial charge >= 0.3 is 0 Å². The van der Waals surface area contributed by atoms with Crippen LogP contribution >= 0.6 is 0 Å². The van der Waals surface area contributed by atoms with Crippen molar-refractivity contribution in [2.24, 2.45) is 5.92 Å². The molecule has 0 aromatic heterocycles. The Balaban J connectivity index is 3.32. The molecule has 0 fully saturated rings. The van der Waals surface area contributed by atoms with Gasteiger partial charge in [0.1, 0.15) is 0 Å². The van der Waals surface area contributed by atoms with Crippen molar-refractivity contribution in [2.45, 2.75) is 26.2 Å². The van der Waals surface area contributed by atoms with Gasteiger partial charge in [-0.25, -0.2) is 0 Å². The molecule has 2 heteroatoms. The first kappa shape index (κ1) is 8.45. The summed E-state index contributed by atoms with van der Waals surface area (Å²) < 4.78 is 0. The molecule has 0 aromatic rings. The summed E-state index contributed by atoms with van der Waals surface area (Å²) in [6.07, 6.45) is 2.57. The van der Waals surface area contributed by atoms with Crippen LogP contribution in [-0.2, 0) is 0 Å². The maximum atomic E-state index is 8.44. The van der Waals surface area contributed by atoms with Crippen molar-refractivity contribution >= 4 is 0 Å². The Hall–Kier alpha value is -0.550. The molecular formula is C7H13NO. The van der Waals surface area contributed by atoms with Gasteiger partial charge in [-0.1, -0.05) is 13.3 Å². The van der Waals surface area contributed by atoms with Crippen LogP contribution in [0, 0.1) is 17.2 Å². The van der Waals surface area contributed by atoms with Crippen LogP contribution in [0.5, 0.6) is 0 Å². The predicted octanol–water partition coefficient (Wildman–Crippen LogP) is 1.31. The monoisotopic (exact) mass is 127 g/mol. The Morgan fingerprint density at radius 2 is 2.22 bits per heavy atom. The molecule has 0 amide bonds. The van der Waals surface area contributed by atoms with Gasteiger partial charge in [0.15, 0.2) is 0 Å². The molecule has 1 N–H and O–H groups in total. The topological polar surface area (TPSA) is 44.0 Å². The van der Waals surface area contributed by atoms with Crippen LogP contribution in [0.4, 0.5) is 0 Å². The molecule has 0 aliphatic rings. The minimum absolute atomic E-state index is 0.0694. The standard InChI is InChI=1S/C7H13NO/c1-2-3-7(6-8)4-5-9/h7,9H,2-5H2,1H3. The second-order valence-corrected chi connectivity index (χ2v) is 2.13. The third-order valence-electron chi connectivity index (χ3n) is 1.30. The second kappa shape index (κ2) is 5.58. The molecule has 52 valence electrons. The van der Waals surface area contributed by atoms with Gasteiger partial charge in [0, 0.05) is 12.5 Å². The fourth-order valence-electron chi connectivity index (χ4n) is 0.778. The number of nitrogens with zero attached hydrogens (tertiary/aromatic N) is 1. The van der Waals surface area contributed by atoms with Gasteiger partial charge in [0.05, 0.1) is 6.07 Å². The normalized spacial score (nSPS) is 12.6. The van der Waals surface area contributed by atoms with E-state index in [1.54, 1.807) is 0 Å². The van der Waals surface area contributed by atoms with Crippen LogP contribution < -0.4 is 0 Å². The fraction of sp³-hybridized carbons (Fsp3) is 0.857. The molecule has 0 saturated carbocycles. The Morgan fingerprint density at radius 1 is 1.56 bits per heavy atom. The van der Waals surface area contributed by atoms with Crippen molar-refractivity contribution in [2.75, 3.05) is 6.61 Å². The number of hydrogen-bond acceptors (Lipinski definition) is 2. The smallest absolute Gasteiger partial charge is 0.0656 e. The molecule has 9 heavy (non-hydrogen) atoms. The van der Waals surface area contributed by atoms with Crippen molar-refractivity contribution in [1.29, 1.82) is 5.26 Å². The van der Waals surface area contributed by atoms with Crippen LogP contribution in [0.2, 0.25) is 0 Å². The van der Waals surface area contributed by atoms with Crippen molar-refractivity contribution < 1.29 is 5.11 Å². The maximum Gasteiger partial charge on any atom is 0.0656 e. The maximum absolute atomic E-state index is 8.44. The molecule has 1 unspecified atom stereocenters. The van der Waals surface area contributed by atoms with Gasteiger partial charge in [0.2, 0.25) is 0 Å². The average molecular weight is 127 g/mol. The highest BCUT2D eigenvalue weighted by atomic mass is 16.3. The van der Waals surface area contributed by atoms with Gasteiger partial charge in [-0.3, -0.25) is 0 Å². The molecule has 0 aliphatic heterocycles. The lowest BCUT2D eigenvalue weighted by Crippen LogP contribution is -1.98. The van der Waals surface area contributed by atoms with Crippen LogP contribution in [0.15, 0.2) is 0 Å². The summed E-state index contributed by atoms with van der Waals surface area (Å²) >= 11 is 0. The third-order valence-corrected chi connectivity index (χ3v) is 1.30. The Kier molecular flexibility index (Phi) is 5.24. The van der Waals surface area contributed by atoms with E-state index in [9.17, 15) is 0 Å². The van der Waals surface area contributed by atoms with E-state index in [1.165, 1.54) is 0 Å². The average Bonchev–Trinajstić information content (AvgIpc) is 1.88. The van der Waals surface area contributed by atoms with Gasteiger partial charge in [-0.15, -0.1) is 0 Å². The van der Waals surface area contributed by atoms with E-state index in [2.05, 4.69) is 6.07 Å². The molecular weight excluding hydrogens is 114 g/mol. The van der Waals surface area contributed by atoms with Crippen molar-refractivity contribution in [1.82, 2.24) is 0 Å². The van der Waals surface area contributed by atoms with Crippen LogP contribution in [0.1, 0.15) is 26.2 Å². The summed E-state index contributed by atoms with van der Waals surface area (Å²) in [6, 6.07) is 2.14. The highest BCUT2D eigenvalue weighted by Crippen LogP contribution is 2.07. The predicted molar refractivity (Wildman–Crippen MR) is 35.7 cm³/mol. The summed E-state index contributed by atoms with van der Waals surface area (Å²) in [7, 11) is 0. The lowest BCUT2D eigenvalue weighted by molar-refractivity contribution is 0.268. The van der Waals surface area contributed by atoms with E-state index in [1.807, 2.05) is 6.92 Å². The molecule has 0 aliphatic carbocycles. The summed E-state index contributed by atoms with van der Waals surface area (Å²) in [5.41, 5.74) is 0. The van der Waals surface area contributed by atoms with Crippen LogP contribution in [0.3, 0.4) is 0 Å². The lowest BCUT2D eigenvalue weighted by Gasteiger charge is -2.02. The molecule has 0 rings (SSSR count). The van der Waals surface area contributed by atoms with Crippen molar-refractivity contribution in [3.63, 3.8) is 0 Å². The van der Waals surface area contributed by atoms with E-state index < -0.39 is 0 Å². The highest BCUT2D eigenvalue weighted by molar-refractivity contribution is 4.81. The van der Waals surface area contributed by atoms with Crippen molar-refractivity contribution in [3.8, 4) is 6.07 Å². The fourth-order valence-corrected chi connectivity index (χ4v) is 0.778. The highest BCUT2D eigenvalue weighted by Gasteiger charge is 2.02. The minimum atomic E-state index is 0.0694. The van der Waals surface area contributed by atoms with Crippen molar-refractivity contribution in [3.05, 3.63) is 0 Å². The second-order valence-electron chi connectivity index (χ2n) is 2.13. The first-order chi connectivity index (χ1) is 4.35. The van der Waals surface area contributed by atoms with Crippen LogP contribution in [-0.4, -0.2) is 11.7 Å². The number of nitriles is 1. The van der Waals surface area contributed by atoms with E-state index >= 15 is 0 Å². The summed E-state index contributed by atoms with van der Waals surface area (Å²) in [5, 5.41) is 16.9. The molecule has 0 heterocycles. The van der Waals surface area contributed by atoms with Gasteiger partial charge in [-0.2, -0.15) is 5.26 Å². The third kappa shape index (κ3) is 3.99. The molecule has 0 aromatic carbocycles. The number of hydrogen-bond donors (Lipinski definition) is 1. The van der Waals surface area contributed by atoms with Gasteiger partial charge in [0.25, 0.3) is 0 Å². The summed E-state index contributed by atoms with van der Waals surface area (Å²) in [4.78, 5) is 0. The number of aliphatic hydroxyl groups excluding tert-OH is 1. The Morgan fingerprint density at radius 3 is 2.56 bits per heavy atom. The molecule has 0 spiro atoms. The molecule has 0 saturated heterocycles. The molecule has 0 bridgehead atoms. The molecule has 1 atom stereocenters. The summed E-state index contributed by atoms with van der Waals surface area (Å²) in [6.45, 7) is 2.18. The minimum Gasteiger partial charge on any atom is -0.396 e. The lowest BCUT2D eigenvalue weighted by atomic mass is 10.0. The zero-order valence-corrected chi connectivity index (χ0v) is 5.80. The van der Waals surface area contributed by atoms with E-state index in [4.69, 9.17) is 10.4 Å². The molecule has 0 radical (unpaired) electrons. The zero-order chi connectivity index (χ0) is 7.11. The first-order valence-corrected chi connectivity index (χ1v) is 3.35. The summed E-state index contributed by atoms with van der Waals surface area (Å²) in [5.74, 6) is 0.0694. The van der Waals surface area contributed by atoms with Crippen LogP contribution in [0.25, 0.3) is 0 Å². The largest absolute Gasteiger partial charge is 0.396 e. The number of rotatable bonds is 4. The Bertz CT molecular complexity index is 89.6. The Labute approximate surface area is 56.1 Å². The van der Waals surface area contributed by atoms with E-state index in [0.717, 1.165) is 12.8 Å². The molecule has 2 nitrogen and oxygen atoms in total. The number of aliphatic hydroxyl groups is 1. The quantitative estimate of drug-likeness (QED) is 0.618. The van der Waals surface area contributed by atoms with E-state index in [0.29, 0.717) is 6.42 Å². The van der Waals surface area contributed by atoms with Gasteiger partial charge < -0.3 is 5.11 Å². The SMILES string of the molecule is CCCC(C#N)CCO.